The summed E-state index contributed by atoms with van der Waals surface area (Å²) in [5, 5.41) is 12.7. The number of aliphatic hydroxyl groups is 1. The van der Waals surface area contributed by atoms with Crippen LogP contribution in [0.2, 0.25) is 0 Å². The Morgan fingerprint density at radius 2 is 1.56 bits per heavy atom. The molecule has 0 aliphatic rings. The van der Waals surface area contributed by atoms with Gasteiger partial charge in [-0.1, -0.05) is 62.4 Å². The Hall–Kier alpha value is -2.46. The Morgan fingerprint density at radius 3 is 2.12 bits per heavy atom. The minimum atomic E-state index is -0.394. The van der Waals surface area contributed by atoms with Gasteiger partial charge in [-0.15, -0.1) is 0 Å². The quantitative estimate of drug-likeness (QED) is 0.760. The summed E-state index contributed by atoms with van der Waals surface area (Å²) in [5.41, 5.74) is 1.46. The van der Waals surface area contributed by atoms with Gasteiger partial charge >= 0.3 is 0 Å². The first kappa shape index (κ1) is 18.9. The molecule has 0 saturated carbocycles. The molecule has 0 fully saturated rings. The molecule has 0 bridgehead atoms. The van der Waals surface area contributed by atoms with Crippen molar-refractivity contribution in [3.05, 3.63) is 71.3 Å². The molecule has 0 aliphatic heterocycles. The van der Waals surface area contributed by atoms with Gasteiger partial charge in [-0.25, -0.2) is 0 Å². The first-order valence-corrected chi connectivity index (χ1v) is 8.41. The molecule has 25 heavy (non-hydrogen) atoms. The molecular formula is C21H25NO3. The summed E-state index contributed by atoms with van der Waals surface area (Å²) in [6.45, 7) is 5.78. The molecule has 132 valence electrons. The molecule has 1 amide bonds. The summed E-state index contributed by atoms with van der Waals surface area (Å²) >= 11 is 0. The number of hydrogen-bond donors (Lipinski definition) is 2. The van der Waals surface area contributed by atoms with Crippen molar-refractivity contribution in [1.82, 2.24) is 5.32 Å². The van der Waals surface area contributed by atoms with Crippen molar-refractivity contribution in [2.75, 3.05) is 13.2 Å². The maximum absolute atomic E-state index is 12.6. The van der Waals surface area contributed by atoms with Crippen LogP contribution in [0.15, 0.2) is 54.6 Å². The fourth-order valence-electron chi connectivity index (χ4n) is 2.92. The summed E-state index contributed by atoms with van der Waals surface area (Å²) in [4.78, 5) is 24.3. The Bertz CT molecular complexity index is 738. The molecule has 4 nitrogen and oxygen atoms in total. The van der Waals surface area contributed by atoms with Crippen LogP contribution in [0.25, 0.3) is 0 Å². The number of carbonyl (C=O) groups is 2. The van der Waals surface area contributed by atoms with Gasteiger partial charge in [0.25, 0.3) is 5.91 Å². The molecule has 4 heteroatoms. The van der Waals surface area contributed by atoms with Crippen molar-refractivity contribution in [1.29, 1.82) is 0 Å². The van der Waals surface area contributed by atoms with E-state index < -0.39 is 5.41 Å². The maximum atomic E-state index is 12.6. The van der Waals surface area contributed by atoms with Gasteiger partial charge in [-0.3, -0.25) is 9.59 Å². The molecule has 1 atom stereocenters. The predicted octanol–water partition coefficient (Wildman–Crippen LogP) is 3.42. The Kier molecular flexibility index (Phi) is 6.10. The third-order valence-corrected chi connectivity index (χ3v) is 4.57. The van der Waals surface area contributed by atoms with Crippen molar-refractivity contribution in [2.45, 2.75) is 26.7 Å². The van der Waals surface area contributed by atoms with Gasteiger partial charge in [0, 0.05) is 24.6 Å². The molecule has 2 N–H and O–H groups in total. The average molecular weight is 339 g/mol. The van der Waals surface area contributed by atoms with E-state index in [1.165, 1.54) is 6.92 Å². The van der Waals surface area contributed by atoms with E-state index in [0.29, 0.717) is 17.7 Å². The molecule has 0 radical (unpaired) electrons. The summed E-state index contributed by atoms with van der Waals surface area (Å²) in [6.07, 6.45) is 0. The van der Waals surface area contributed by atoms with Crippen LogP contribution in [0.3, 0.4) is 0 Å². The molecule has 0 heterocycles. The van der Waals surface area contributed by atoms with E-state index in [1.807, 2.05) is 44.2 Å². The lowest BCUT2D eigenvalue weighted by Crippen LogP contribution is -2.37. The van der Waals surface area contributed by atoms with E-state index in [9.17, 15) is 14.7 Å². The molecule has 2 aromatic rings. The van der Waals surface area contributed by atoms with Crippen LogP contribution in [0.5, 0.6) is 0 Å². The standard InChI is InChI=1S/C21H25NO3/c1-15(24)17-11-7-8-12-18(17)20(25)22-13-19(21(2,3)14-23)16-9-5-4-6-10-16/h4-12,19,23H,13-14H2,1-3H3,(H,22,25). The van der Waals surface area contributed by atoms with Crippen molar-refractivity contribution in [3.8, 4) is 0 Å². The maximum Gasteiger partial charge on any atom is 0.252 e. The van der Waals surface area contributed by atoms with Gasteiger partial charge in [0.2, 0.25) is 0 Å². The van der Waals surface area contributed by atoms with E-state index >= 15 is 0 Å². The lowest BCUT2D eigenvalue weighted by Gasteiger charge is -2.33. The topological polar surface area (TPSA) is 66.4 Å². The molecule has 0 aromatic heterocycles. The van der Waals surface area contributed by atoms with Gasteiger partial charge in [-0.05, 0) is 24.0 Å². The van der Waals surface area contributed by atoms with Gasteiger partial charge < -0.3 is 10.4 Å². The Balaban J connectivity index is 2.21. The first-order valence-electron chi connectivity index (χ1n) is 8.41. The Morgan fingerprint density at radius 1 is 1.00 bits per heavy atom. The van der Waals surface area contributed by atoms with E-state index in [-0.39, 0.29) is 24.2 Å². The minimum Gasteiger partial charge on any atom is -0.396 e. The van der Waals surface area contributed by atoms with Crippen LogP contribution >= 0.6 is 0 Å². The highest BCUT2D eigenvalue weighted by Crippen LogP contribution is 2.34. The molecule has 2 aromatic carbocycles. The van der Waals surface area contributed by atoms with Crippen LogP contribution < -0.4 is 5.32 Å². The molecule has 0 saturated heterocycles. The minimum absolute atomic E-state index is 0.00641. The van der Waals surface area contributed by atoms with Crippen molar-refractivity contribution in [3.63, 3.8) is 0 Å². The lowest BCUT2D eigenvalue weighted by molar-refractivity contribution is 0.0910. The summed E-state index contributed by atoms with van der Waals surface area (Å²) in [6, 6.07) is 16.6. The molecule has 2 rings (SSSR count). The number of amides is 1. The molecular weight excluding hydrogens is 314 g/mol. The van der Waals surface area contributed by atoms with E-state index in [0.717, 1.165) is 5.56 Å². The number of ketones is 1. The fourth-order valence-corrected chi connectivity index (χ4v) is 2.92. The van der Waals surface area contributed by atoms with E-state index in [1.54, 1.807) is 24.3 Å². The van der Waals surface area contributed by atoms with Crippen molar-refractivity contribution >= 4 is 11.7 Å². The summed E-state index contributed by atoms with van der Waals surface area (Å²) < 4.78 is 0. The lowest BCUT2D eigenvalue weighted by atomic mass is 9.75. The van der Waals surface area contributed by atoms with Crippen LogP contribution in [0.1, 0.15) is 53.0 Å². The SMILES string of the molecule is CC(=O)c1ccccc1C(=O)NCC(c1ccccc1)C(C)(C)CO. The van der Waals surface area contributed by atoms with Crippen LogP contribution in [-0.4, -0.2) is 29.9 Å². The molecule has 1 unspecified atom stereocenters. The second-order valence-corrected chi connectivity index (χ2v) is 6.92. The fraction of sp³-hybridized carbons (Fsp3) is 0.333. The zero-order valence-corrected chi connectivity index (χ0v) is 15.0. The Labute approximate surface area is 148 Å². The van der Waals surface area contributed by atoms with E-state index in [2.05, 4.69) is 5.32 Å². The smallest absolute Gasteiger partial charge is 0.252 e. The number of nitrogens with one attached hydrogen (secondary N) is 1. The zero-order valence-electron chi connectivity index (χ0n) is 15.0. The first-order chi connectivity index (χ1) is 11.9. The monoisotopic (exact) mass is 339 g/mol. The highest BCUT2D eigenvalue weighted by molar-refractivity contribution is 6.07. The largest absolute Gasteiger partial charge is 0.396 e. The third-order valence-electron chi connectivity index (χ3n) is 4.57. The van der Waals surface area contributed by atoms with Gasteiger partial charge in [0.05, 0.1) is 5.56 Å². The third kappa shape index (κ3) is 4.54. The molecule has 0 spiro atoms. The number of hydrogen-bond acceptors (Lipinski definition) is 3. The summed E-state index contributed by atoms with van der Waals surface area (Å²) in [5.74, 6) is -0.464. The highest BCUT2D eigenvalue weighted by Gasteiger charge is 2.30. The van der Waals surface area contributed by atoms with Gasteiger partial charge in [-0.2, -0.15) is 0 Å². The van der Waals surface area contributed by atoms with Crippen LogP contribution in [0, 0.1) is 5.41 Å². The second-order valence-electron chi connectivity index (χ2n) is 6.92. The molecule has 0 aliphatic carbocycles. The van der Waals surface area contributed by atoms with Crippen LogP contribution in [0.4, 0.5) is 0 Å². The second kappa shape index (κ2) is 8.08. The van der Waals surface area contributed by atoms with Crippen molar-refractivity contribution in [2.24, 2.45) is 5.41 Å². The number of aliphatic hydroxyl groups excluding tert-OH is 1. The van der Waals surface area contributed by atoms with Gasteiger partial charge in [0.1, 0.15) is 0 Å². The van der Waals surface area contributed by atoms with Crippen LogP contribution in [-0.2, 0) is 0 Å². The zero-order chi connectivity index (χ0) is 18.4. The number of rotatable bonds is 7. The average Bonchev–Trinajstić information content (AvgIpc) is 2.62. The highest BCUT2D eigenvalue weighted by atomic mass is 16.3. The normalized spacial score (nSPS) is 12.5. The number of Topliss-reactive ketones (excluding diaryl/α,β-unsaturated/α-hetero) is 1. The number of benzene rings is 2. The predicted molar refractivity (Wildman–Crippen MR) is 98.8 cm³/mol. The summed E-state index contributed by atoms with van der Waals surface area (Å²) in [7, 11) is 0. The van der Waals surface area contributed by atoms with Gasteiger partial charge in [0.15, 0.2) is 5.78 Å². The number of carbonyl (C=O) groups excluding carboxylic acids is 2. The van der Waals surface area contributed by atoms with Crippen molar-refractivity contribution < 1.29 is 14.7 Å². The van der Waals surface area contributed by atoms with E-state index in [4.69, 9.17) is 0 Å².